The minimum absolute atomic E-state index is 0.0244. The largest absolute Gasteiger partial charge is 0.480 e. The molecule has 0 spiro atoms. The van der Waals surface area contributed by atoms with Crippen LogP contribution in [0.5, 0.6) is 0 Å². The summed E-state index contributed by atoms with van der Waals surface area (Å²) in [6.07, 6.45) is 3.01. The van der Waals surface area contributed by atoms with Gasteiger partial charge in [0.25, 0.3) is 5.91 Å². The number of hydrogen-bond acceptors (Lipinski definition) is 5. The molecule has 0 saturated carbocycles. The molecule has 1 heterocycles. The number of nitrogen functional groups attached to an aromatic ring is 1. The third kappa shape index (κ3) is 3.69. The Hall–Kier alpha value is -2.18. The van der Waals surface area contributed by atoms with Crippen LogP contribution in [0, 0.1) is 5.92 Å². The van der Waals surface area contributed by atoms with Crippen molar-refractivity contribution in [3.05, 3.63) is 18.1 Å². The quantitative estimate of drug-likeness (QED) is 0.693. The van der Waals surface area contributed by atoms with E-state index in [1.54, 1.807) is 0 Å². The third-order valence-corrected chi connectivity index (χ3v) is 2.25. The van der Waals surface area contributed by atoms with Crippen molar-refractivity contribution in [3.8, 4) is 0 Å². The summed E-state index contributed by atoms with van der Waals surface area (Å²) in [7, 11) is 0. The van der Waals surface area contributed by atoms with Crippen LogP contribution in [0.3, 0.4) is 0 Å². The van der Waals surface area contributed by atoms with Gasteiger partial charge in [0.15, 0.2) is 11.5 Å². The Bertz CT molecular complexity index is 448. The zero-order chi connectivity index (χ0) is 13.7. The van der Waals surface area contributed by atoms with Crippen LogP contribution in [0.25, 0.3) is 0 Å². The summed E-state index contributed by atoms with van der Waals surface area (Å²) in [6, 6.07) is -0.959. The van der Waals surface area contributed by atoms with E-state index in [9.17, 15) is 9.59 Å². The highest BCUT2D eigenvalue weighted by atomic mass is 16.4. The van der Waals surface area contributed by atoms with Crippen LogP contribution < -0.4 is 11.1 Å². The molecule has 0 aliphatic heterocycles. The first-order valence-electron chi connectivity index (χ1n) is 5.52. The van der Waals surface area contributed by atoms with Gasteiger partial charge in [-0.15, -0.1) is 0 Å². The standard InChI is InChI=1S/C11H16N4O3/c1-6(2)5-7(11(17)18)15-10(16)8-9(12)14-4-3-13-8/h3-4,6-7H,5H2,1-2H3,(H2,12,14)(H,15,16)(H,17,18)/t7-/m1/s1. The molecule has 1 amide bonds. The molecule has 4 N–H and O–H groups in total. The highest BCUT2D eigenvalue weighted by Crippen LogP contribution is 2.08. The SMILES string of the molecule is CC(C)C[C@@H](NC(=O)c1nccnc1N)C(=O)O. The third-order valence-electron chi connectivity index (χ3n) is 2.25. The molecule has 0 fully saturated rings. The molecule has 0 aliphatic rings. The van der Waals surface area contributed by atoms with Crippen LogP contribution >= 0.6 is 0 Å². The average molecular weight is 252 g/mol. The fraction of sp³-hybridized carbons (Fsp3) is 0.455. The maximum atomic E-state index is 11.8. The summed E-state index contributed by atoms with van der Waals surface area (Å²) < 4.78 is 0. The monoisotopic (exact) mass is 252 g/mol. The number of nitrogens with one attached hydrogen (secondary N) is 1. The summed E-state index contributed by atoms with van der Waals surface area (Å²) in [5.74, 6) is -1.59. The number of carbonyl (C=O) groups excluding carboxylic acids is 1. The molecule has 1 aromatic rings. The van der Waals surface area contributed by atoms with Gasteiger partial charge in [0.2, 0.25) is 0 Å². The Balaban J connectivity index is 2.79. The van der Waals surface area contributed by atoms with Gasteiger partial charge in [-0.05, 0) is 12.3 Å². The van der Waals surface area contributed by atoms with Crippen molar-refractivity contribution in [2.75, 3.05) is 5.73 Å². The maximum Gasteiger partial charge on any atom is 0.326 e. The molecule has 7 nitrogen and oxygen atoms in total. The number of amides is 1. The number of rotatable bonds is 5. The fourth-order valence-corrected chi connectivity index (χ4v) is 1.44. The Morgan fingerprint density at radius 1 is 1.39 bits per heavy atom. The molecule has 0 bridgehead atoms. The number of hydrogen-bond donors (Lipinski definition) is 3. The first-order valence-corrected chi connectivity index (χ1v) is 5.52. The number of aliphatic carboxylic acids is 1. The van der Waals surface area contributed by atoms with E-state index in [0.717, 1.165) is 0 Å². The lowest BCUT2D eigenvalue weighted by molar-refractivity contribution is -0.139. The number of aromatic nitrogens is 2. The molecule has 1 aromatic heterocycles. The van der Waals surface area contributed by atoms with Crippen molar-refractivity contribution < 1.29 is 14.7 Å². The lowest BCUT2D eigenvalue weighted by Crippen LogP contribution is -2.42. The van der Waals surface area contributed by atoms with Crippen molar-refractivity contribution in [2.24, 2.45) is 5.92 Å². The van der Waals surface area contributed by atoms with Crippen LogP contribution in [0.2, 0.25) is 0 Å². The van der Waals surface area contributed by atoms with Gasteiger partial charge in [-0.25, -0.2) is 14.8 Å². The second-order valence-corrected chi connectivity index (χ2v) is 4.28. The van der Waals surface area contributed by atoms with Crippen molar-refractivity contribution in [3.63, 3.8) is 0 Å². The normalized spacial score (nSPS) is 12.2. The van der Waals surface area contributed by atoms with Gasteiger partial charge in [-0.1, -0.05) is 13.8 Å². The van der Waals surface area contributed by atoms with E-state index in [2.05, 4.69) is 15.3 Å². The number of nitrogens with two attached hydrogens (primary N) is 1. The van der Waals surface area contributed by atoms with Gasteiger partial charge in [0.1, 0.15) is 6.04 Å². The number of carboxylic acid groups (broad SMARTS) is 1. The van der Waals surface area contributed by atoms with E-state index in [-0.39, 0.29) is 17.4 Å². The second-order valence-electron chi connectivity index (χ2n) is 4.28. The van der Waals surface area contributed by atoms with Crippen molar-refractivity contribution in [1.82, 2.24) is 15.3 Å². The lowest BCUT2D eigenvalue weighted by atomic mass is 10.0. The lowest BCUT2D eigenvalue weighted by Gasteiger charge is -2.16. The Morgan fingerprint density at radius 3 is 2.50 bits per heavy atom. The van der Waals surface area contributed by atoms with Gasteiger partial charge >= 0.3 is 5.97 Å². The molecule has 18 heavy (non-hydrogen) atoms. The van der Waals surface area contributed by atoms with Gasteiger partial charge in [0.05, 0.1) is 0 Å². The summed E-state index contributed by atoms with van der Waals surface area (Å²) in [4.78, 5) is 30.3. The minimum Gasteiger partial charge on any atom is -0.480 e. The zero-order valence-corrected chi connectivity index (χ0v) is 10.3. The van der Waals surface area contributed by atoms with Crippen molar-refractivity contribution in [2.45, 2.75) is 26.3 Å². The number of anilines is 1. The summed E-state index contributed by atoms with van der Waals surface area (Å²) in [5.41, 5.74) is 5.43. The molecule has 1 atom stereocenters. The highest BCUT2D eigenvalue weighted by Gasteiger charge is 2.23. The van der Waals surface area contributed by atoms with E-state index in [4.69, 9.17) is 10.8 Å². The number of carbonyl (C=O) groups is 2. The molecule has 0 saturated heterocycles. The molecule has 0 radical (unpaired) electrons. The smallest absolute Gasteiger partial charge is 0.326 e. The van der Waals surface area contributed by atoms with E-state index < -0.39 is 17.9 Å². The molecule has 0 unspecified atom stereocenters. The highest BCUT2D eigenvalue weighted by molar-refractivity contribution is 5.98. The van der Waals surface area contributed by atoms with Crippen LogP contribution in [-0.2, 0) is 4.79 Å². The summed E-state index contributed by atoms with van der Waals surface area (Å²) in [5, 5.41) is 11.4. The van der Waals surface area contributed by atoms with Crippen molar-refractivity contribution in [1.29, 1.82) is 0 Å². The first-order chi connectivity index (χ1) is 8.41. The number of nitrogens with zero attached hydrogens (tertiary/aromatic N) is 2. The van der Waals surface area contributed by atoms with Gasteiger partial charge in [-0.2, -0.15) is 0 Å². The maximum absolute atomic E-state index is 11.8. The Labute approximate surface area is 104 Å². The first kappa shape index (κ1) is 13.9. The minimum atomic E-state index is -1.08. The fourth-order valence-electron chi connectivity index (χ4n) is 1.44. The van der Waals surface area contributed by atoms with E-state index in [1.165, 1.54) is 12.4 Å². The summed E-state index contributed by atoms with van der Waals surface area (Å²) >= 11 is 0. The Kier molecular flexibility index (Phi) is 4.59. The molecule has 1 rings (SSSR count). The Morgan fingerprint density at radius 2 is 2.00 bits per heavy atom. The predicted molar refractivity (Wildman–Crippen MR) is 64.8 cm³/mol. The van der Waals surface area contributed by atoms with E-state index in [0.29, 0.717) is 6.42 Å². The van der Waals surface area contributed by atoms with E-state index in [1.807, 2.05) is 13.8 Å². The van der Waals surface area contributed by atoms with Crippen LogP contribution in [0.4, 0.5) is 5.82 Å². The number of carboxylic acids is 1. The second kappa shape index (κ2) is 5.95. The zero-order valence-electron chi connectivity index (χ0n) is 10.3. The van der Waals surface area contributed by atoms with Gasteiger partial charge < -0.3 is 16.2 Å². The van der Waals surface area contributed by atoms with Gasteiger partial charge in [-0.3, -0.25) is 4.79 Å². The van der Waals surface area contributed by atoms with Gasteiger partial charge in [0, 0.05) is 12.4 Å². The molecular formula is C11H16N4O3. The predicted octanol–water partition coefficient (Wildman–Crippen LogP) is 0.288. The molecule has 0 aromatic carbocycles. The van der Waals surface area contributed by atoms with Crippen LogP contribution in [-0.4, -0.2) is 33.0 Å². The van der Waals surface area contributed by atoms with Crippen LogP contribution in [0.1, 0.15) is 30.8 Å². The summed E-state index contributed by atoms with van der Waals surface area (Å²) in [6.45, 7) is 3.75. The molecular weight excluding hydrogens is 236 g/mol. The molecule has 98 valence electrons. The average Bonchev–Trinajstić information content (AvgIpc) is 2.27. The van der Waals surface area contributed by atoms with Crippen molar-refractivity contribution >= 4 is 17.7 Å². The molecule has 7 heteroatoms. The molecule has 0 aliphatic carbocycles. The topological polar surface area (TPSA) is 118 Å². The van der Waals surface area contributed by atoms with E-state index >= 15 is 0 Å². The van der Waals surface area contributed by atoms with Crippen LogP contribution in [0.15, 0.2) is 12.4 Å².